The third-order valence-electron chi connectivity index (χ3n) is 4.15. The van der Waals surface area contributed by atoms with E-state index in [-0.39, 0.29) is 0 Å². The first-order valence-electron chi connectivity index (χ1n) is 7.01. The first-order valence-corrected chi connectivity index (χ1v) is 8.33. The molecule has 1 aromatic heterocycles. The van der Waals surface area contributed by atoms with Crippen molar-refractivity contribution in [2.75, 3.05) is 30.3 Å². The molecule has 0 amide bonds. The van der Waals surface area contributed by atoms with E-state index in [1.165, 1.54) is 0 Å². The Bertz CT molecular complexity index is 491. The Morgan fingerprint density at radius 3 is 3.05 bits per heavy atom. The highest BCUT2D eigenvalue weighted by molar-refractivity contribution is 7.85. The zero-order valence-electron chi connectivity index (χ0n) is 11.6. The van der Waals surface area contributed by atoms with Crippen LogP contribution >= 0.6 is 0 Å². The number of pyridine rings is 1. The molecule has 19 heavy (non-hydrogen) atoms. The maximum Gasteiger partial charge on any atom is 0.145 e. The third-order valence-corrected chi connectivity index (χ3v) is 5.56. The van der Waals surface area contributed by atoms with Crippen LogP contribution in [0.2, 0.25) is 0 Å². The average molecular weight is 279 g/mol. The molecule has 1 aromatic rings. The van der Waals surface area contributed by atoms with Gasteiger partial charge < -0.3 is 4.90 Å². The van der Waals surface area contributed by atoms with E-state index in [0.29, 0.717) is 12.1 Å². The van der Waals surface area contributed by atoms with Gasteiger partial charge >= 0.3 is 0 Å². The van der Waals surface area contributed by atoms with E-state index in [4.69, 9.17) is 0 Å². The lowest BCUT2D eigenvalue weighted by atomic mass is 10.1. The van der Waals surface area contributed by atoms with Gasteiger partial charge in [0.15, 0.2) is 0 Å². The van der Waals surface area contributed by atoms with Gasteiger partial charge in [0.05, 0.1) is 15.7 Å². The van der Waals surface area contributed by atoms with Crippen molar-refractivity contribution < 1.29 is 4.21 Å². The summed E-state index contributed by atoms with van der Waals surface area (Å²) in [6, 6.07) is 4.90. The molecule has 104 valence electrons. The SMILES string of the molecule is CC(C)N1CCN2c3ncccc3S(=O)CCC2C1. The van der Waals surface area contributed by atoms with Crippen LogP contribution in [0.5, 0.6) is 0 Å². The van der Waals surface area contributed by atoms with E-state index >= 15 is 0 Å². The first-order chi connectivity index (χ1) is 9.16. The molecule has 5 heteroatoms. The molecule has 2 aliphatic heterocycles. The molecular formula is C14H21N3OS. The Kier molecular flexibility index (Phi) is 3.58. The Balaban J connectivity index is 1.92. The van der Waals surface area contributed by atoms with Crippen LogP contribution in [0.25, 0.3) is 0 Å². The van der Waals surface area contributed by atoms with Crippen LogP contribution in [-0.4, -0.2) is 51.6 Å². The Labute approximate surface area is 117 Å². The van der Waals surface area contributed by atoms with Gasteiger partial charge in [-0.1, -0.05) is 0 Å². The van der Waals surface area contributed by atoms with Crippen molar-refractivity contribution in [3.05, 3.63) is 18.3 Å². The monoisotopic (exact) mass is 279 g/mol. The smallest absolute Gasteiger partial charge is 0.145 e. The third kappa shape index (κ3) is 2.41. The molecule has 3 rings (SSSR count). The van der Waals surface area contributed by atoms with E-state index in [1.807, 2.05) is 18.3 Å². The highest BCUT2D eigenvalue weighted by atomic mass is 32.2. The molecule has 0 N–H and O–H groups in total. The van der Waals surface area contributed by atoms with Gasteiger partial charge in [-0.2, -0.15) is 0 Å². The molecule has 2 atom stereocenters. The molecule has 0 aliphatic carbocycles. The Hall–Kier alpha value is -0.940. The summed E-state index contributed by atoms with van der Waals surface area (Å²) in [5.41, 5.74) is 0. The van der Waals surface area contributed by atoms with Gasteiger partial charge in [0.25, 0.3) is 0 Å². The number of fused-ring (bicyclic) bond motifs is 3. The number of aromatic nitrogens is 1. The van der Waals surface area contributed by atoms with Crippen molar-refractivity contribution in [1.82, 2.24) is 9.88 Å². The lowest BCUT2D eigenvalue weighted by Gasteiger charge is -2.43. The van der Waals surface area contributed by atoms with E-state index in [0.717, 1.165) is 42.5 Å². The van der Waals surface area contributed by atoms with Gasteiger partial charge in [-0.15, -0.1) is 0 Å². The van der Waals surface area contributed by atoms with Gasteiger partial charge in [-0.05, 0) is 32.4 Å². The molecule has 4 nitrogen and oxygen atoms in total. The summed E-state index contributed by atoms with van der Waals surface area (Å²) >= 11 is 0. The quantitative estimate of drug-likeness (QED) is 0.780. The highest BCUT2D eigenvalue weighted by Crippen LogP contribution is 2.30. The second-order valence-corrected chi connectivity index (χ2v) is 7.14. The Morgan fingerprint density at radius 2 is 2.26 bits per heavy atom. The predicted molar refractivity (Wildman–Crippen MR) is 78.0 cm³/mol. The van der Waals surface area contributed by atoms with E-state index in [9.17, 15) is 4.21 Å². The fraction of sp³-hybridized carbons (Fsp3) is 0.643. The molecule has 0 bridgehead atoms. The van der Waals surface area contributed by atoms with Crippen LogP contribution in [0.15, 0.2) is 23.2 Å². The molecular weight excluding hydrogens is 258 g/mol. The zero-order chi connectivity index (χ0) is 13.4. The summed E-state index contributed by atoms with van der Waals surface area (Å²) < 4.78 is 12.3. The van der Waals surface area contributed by atoms with E-state index in [1.54, 1.807) is 0 Å². The molecule has 2 aliphatic rings. The topological polar surface area (TPSA) is 36.4 Å². The average Bonchev–Trinajstić information content (AvgIpc) is 2.57. The molecule has 3 heterocycles. The minimum Gasteiger partial charge on any atom is -0.350 e. The van der Waals surface area contributed by atoms with Crippen LogP contribution in [-0.2, 0) is 10.8 Å². The second-order valence-electron chi connectivity index (χ2n) is 5.60. The summed E-state index contributed by atoms with van der Waals surface area (Å²) in [7, 11) is -0.894. The van der Waals surface area contributed by atoms with Gasteiger partial charge in [-0.25, -0.2) is 4.98 Å². The zero-order valence-corrected chi connectivity index (χ0v) is 12.4. The largest absolute Gasteiger partial charge is 0.350 e. The lowest BCUT2D eigenvalue weighted by molar-refractivity contribution is 0.178. The minimum atomic E-state index is -0.894. The summed E-state index contributed by atoms with van der Waals surface area (Å²) in [5, 5.41) is 0. The lowest BCUT2D eigenvalue weighted by Crippen LogP contribution is -2.55. The van der Waals surface area contributed by atoms with Crippen molar-refractivity contribution >= 4 is 16.6 Å². The van der Waals surface area contributed by atoms with Crippen molar-refractivity contribution in [3.8, 4) is 0 Å². The molecule has 1 fully saturated rings. The van der Waals surface area contributed by atoms with E-state index < -0.39 is 10.8 Å². The number of rotatable bonds is 1. The highest BCUT2D eigenvalue weighted by Gasteiger charge is 2.33. The van der Waals surface area contributed by atoms with Crippen molar-refractivity contribution in [1.29, 1.82) is 0 Å². The summed E-state index contributed by atoms with van der Waals surface area (Å²) in [6.07, 6.45) is 2.80. The fourth-order valence-electron chi connectivity index (χ4n) is 3.00. The van der Waals surface area contributed by atoms with Crippen molar-refractivity contribution in [2.24, 2.45) is 0 Å². The van der Waals surface area contributed by atoms with Crippen LogP contribution in [0.1, 0.15) is 20.3 Å². The number of piperazine rings is 1. The molecule has 0 radical (unpaired) electrons. The van der Waals surface area contributed by atoms with Gasteiger partial charge in [0.2, 0.25) is 0 Å². The number of hydrogen-bond acceptors (Lipinski definition) is 4. The molecule has 0 aromatic carbocycles. The van der Waals surface area contributed by atoms with E-state index in [2.05, 4.69) is 28.6 Å². The maximum atomic E-state index is 12.3. The van der Waals surface area contributed by atoms with Crippen LogP contribution in [0.4, 0.5) is 5.82 Å². The van der Waals surface area contributed by atoms with Crippen LogP contribution in [0, 0.1) is 0 Å². The van der Waals surface area contributed by atoms with Crippen LogP contribution < -0.4 is 4.90 Å². The van der Waals surface area contributed by atoms with Gasteiger partial charge in [-0.3, -0.25) is 9.11 Å². The molecule has 0 spiro atoms. The first kappa shape index (κ1) is 13.1. The van der Waals surface area contributed by atoms with Crippen molar-refractivity contribution in [2.45, 2.75) is 37.2 Å². The minimum absolute atomic E-state index is 0.455. The molecule has 0 saturated carbocycles. The predicted octanol–water partition coefficient (Wildman–Crippen LogP) is 1.49. The summed E-state index contributed by atoms with van der Waals surface area (Å²) in [5.74, 6) is 1.71. The number of nitrogens with zero attached hydrogens (tertiary/aromatic N) is 3. The normalized spacial score (nSPS) is 27.8. The van der Waals surface area contributed by atoms with Crippen molar-refractivity contribution in [3.63, 3.8) is 0 Å². The molecule has 2 unspecified atom stereocenters. The molecule has 1 saturated heterocycles. The van der Waals surface area contributed by atoms with Gasteiger partial charge in [0, 0.05) is 43.7 Å². The standard InChI is InChI=1S/C14H21N3OS/c1-11(2)16-7-8-17-12(10-16)5-9-19(18)13-4-3-6-15-14(13)17/h3-4,6,11-12H,5,7-10H2,1-2H3. The number of hydrogen-bond donors (Lipinski definition) is 0. The van der Waals surface area contributed by atoms with Gasteiger partial charge in [0.1, 0.15) is 5.82 Å². The number of anilines is 1. The summed E-state index contributed by atoms with van der Waals surface area (Å²) in [4.78, 5) is 10.3. The van der Waals surface area contributed by atoms with Crippen LogP contribution in [0.3, 0.4) is 0 Å². The fourth-order valence-corrected chi connectivity index (χ4v) is 4.31. The summed E-state index contributed by atoms with van der Waals surface area (Å²) in [6.45, 7) is 7.61. The Morgan fingerprint density at radius 1 is 1.42 bits per heavy atom. The second kappa shape index (κ2) is 5.21. The maximum absolute atomic E-state index is 12.3.